The molecule has 11 heteroatoms. The first-order chi connectivity index (χ1) is 20.7. The number of rotatable bonds is 12. The molecule has 1 atom stereocenters. The first-order valence-corrected chi connectivity index (χ1v) is 14.2. The second kappa shape index (κ2) is 13.0. The molecular formula is C32H37N7O4. The lowest BCUT2D eigenvalue weighted by Gasteiger charge is -2.32. The summed E-state index contributed by atoms with van der Waals surface area (Å²) >= 11 is 0. The third kappa shape index (κ3) is 7.00. The fourth-order valence-corrected chi connectivity index (χ4v) is 5.17. The molecule has 2 heterocycles. The number of ether oxygens (including phenoxy) is 2. The van der Waals surface area contributed by atoms with Gasteiger partial charge in [-0.05, 0) is 37.6 Å². The highest BCUT2D eigenvalue weighted by Gasteiger charge is 2.21. The summed E-state index contributed by atoms with van der Waals surface area (Å²) in [6, 6.07) is 19.0. The fourth-order valence-electron chi connectivity index (χ4n) is 5.17. The maximum atomic E-state index is 11.1. The van der Waals surface area contributed by atoms with Crippen molar-refractivity contribution in [2.75, 3.05) is 45.8 Å². The summed E-state index contributed by atoms with van der Waals surface area (Å²) in [7, 11) is 5.24. The minimum Gasteiger partial charge on any atom is -0.497 e. The van der Waals surface area contributed by atoms with Crippen molar-refractivity contribution in [1.29, 1.82) is 0 Å². The summed E-state index contributed by atoms with van der Waals surface area (Å²) in [4.78, 5) is 25.0. The molecule has 1 unspecified atom stereocenters. The van der Waals surface area contributed by atoms with Gasteiger partial charge in [0.1, 0.15) is 11.5 Å². The zero-order valence-electron chi connectivity index (χ0n) is 25.2. The molecule has 1 aliphatic rings. The molecule has 224 valence electrons. The minimum absolute atomic E-state index is 0.0905. The number of methoxy groups -OCH3 is 2. The zero-order chi connectivity index (χ0) is 30.5. The molecule has 0 fully saturated rings. The molecule has 0 saturated carbocycles. The molecule has 0 spiro atoms. The number of non-ortho nitro benzene ring substituents is 1. The smallest absolute Gasteiger partial charge is 0.269 e. The number of fused-ring (bicyclic) bond motifs is 1. The Balaban J connectivity index is 1.47. The molecule has 4 aromatic rings. The number of nitro groups is 1. The molecule has 0 amide bonds. The van der Waals surface area contributed by atoms with E-state index in [1.165, 1.54) is 0 Å². The van der Waals surface area contributed by atoms with Crippen LogP contribution >= 0.6 is 0 Å². The third-order valence-corrected chi connectivity index (χ3v) is 7.66. The van der Waals surface area contributed by atoms with Gasteiger partial charge in [0.25, 0.3) is 5.69 Å². The van der Waals surface area contributed by atoms with Crippen molar-refractivity contribution in [1.82, 2.24) is 19.9 Å². The quantitative estimate of drug-likeness (QED) is 0.155. The number of aromatic nitrogens is 2. The molecule has 0 bridgehead atoms. The Morgan fingerprint density at radius 3 is 2.30 bits per heavy atom. The Labute approximate surface area is 251 Å². The van der Waals surface area contributed by atoms with Crippen LogP contribution in [-0.2, 0) is 6.54 Å². The van der Waals surface area contributed by atoms with Crippen LogP contribution < -0.4 is 14.4 Å². The van der Waals surface area contributed by atoms with Gasteiger partial charge in [0, 0.05) is 93.4 Å². The number of hydrazone groups is 1. The van der Waals surface area contributed by atoms with Crippen molar-refractivity contribution in [3.05, 3.63) is 88.2 Å². The summed E-state index contributed by atoms with van der Waals surface area (Å²) in [5.74, 6) is 1.49. The lowest BCUT2D eigenvalue weighted by atomic mass is 10.1. The van der Waals surface area contributed by atoms with E-state index in [-0.39, 0.29) is 22.6 Å². The predicted molar refractivity (Wildman–Crippen MR) is 169 cm³/mol. The van der Waals surface area contributed by atoms with Crippen molar-refractivity contribution in [2.45, 2.75) is 32.4 Å². The van der Waals surface area contributed by atoms with Crippen LogP contribution in [0.25, 0.3) is 11.0 Å². The Morgan fingerprint density at radius 1 is 0.977 bits per heavy atom. The maximum absolute atomic E-state index is 11.1. The van der Waals surface area contributed by atoms with Gasteiger partial charge in [0.15, 0.2) is 0 Å². The summed E-state index contributed by atoms with van der Waals surface area (Å²) in [6.45, 7) is 7.12. The van der Waals surface area contributed by atoms with Crippen LogP contribution in [0.15, 0.2) is 72.0 Å². The van der Waals surface area contributed by atoms with Gasteiger partial charge < -0.3 is 14.4 Å². The molecule has 11 nitrogen and oxygen atoms in total. The second-order valence-corrected chi connectivity index (χ2v) is 10.9. The molecular weight excluding hydrogens is 546 g/mol. The molecule has 5 rings (SSSR count). The number of hydrogen-bond acceptors (Lipinski definition) is 10. The molecule has 0 N–H and O–H groups in total. The predicted octanol–water partition coefficient (Wildman–Crippen LogP) is 5.62. The number of anilines is 2. The molecule has 3 aromatic carbocycles. The maximum Gasteiger partial charge on any atom is 0.269 e. The number of nitro benzene ring substituents is 1. The van der Waals surface area contributed by atoms with Crippen LogP contribution in [0.5, 0.6) is 11.5 Å². The van der Waals surface area contributed by atoms with E-state index in [0.717, 1.165) is 46.8 Å². The fraction of sp³-hybridized carbons (Fsp3) is 0.344. The zero-order valence-corrected chi connectivity index (χ0v) is 25.2. The van der Waals surface area contributed by atoms with E-state index in [1.807, 2.05) is 60.9 Å². The average Bonchev–Trinajstić information content (AvgIpc) is 3.46. The second-order valence-electron chi connectivity index (χ2n) is 10.9. The van der Waals surface area contributed by atoms with Crippen LogP contribution in [0.2, 0.25) is 0 Å². The summed E-state index contributed by atoms with van der Waals surface area (Å²) in [5.41, 5.74) is 5.51. The van der Waals surface area contributed by atoms with E-state index in [4.69, 9.17) is 14.5 Å². The summed E-state index contributed by atoms with van der Waals surface area (Å²) in [6.07, 6.45) is 3.75. The van der Waals surface area contributed by atoms with E-state index < -0.39 is 0 Å². The van der Waals surface area contributed by atoms with E-state index in [9.17, 15) is 10.1 Å². The van der Waals surface area contributed by atoms with Gasteiger partial charge in [-0.25, -0.2) is 4.98 Å². The third-order valence-electron chi connectivity index (χ3n) is 7.66. The molecule has 0 radical (unpaired) electrons. The van der Waals surface area contributed by atoms with E-state index >= 15 is 0 Å². The van der Waals surface area contributed by atoms with Crippen LogP contribution in [-0.4, -0.2) is 78.0 Å². The highest BCUT2D eigenvalue weighted by Crippen LogP contribution is 2.34. The SMILES string of the molecule is COc1cc(OC)cc(N(CCN(Cc2ccc([N+](=O)[O-])cc2)C(C)C)c2ccc3ncc(C4C=NN(C)C4)nc3c2)c1. The topological polar surface area (TPSA) is 109 Å². The van der Waals surface area contributed by atoms with E-state index in [0.29, 0.717) is 24.6 Å². The number of hydrogen-bond donors (Lipinski definition) is 0. The van der Waals surface area contributed by atoms with Crippen molar-refractivity contribution in [3.8, 4) is 11.5 Å². The van der Waals surface area contributed by atoms with Gasteiger partial charge in [-0.2, -0.15) is 5.10 Å². The van der Waals surface area contributed by atoms with Crippen molar-refractivity contribution in [2.24, 2.45) is 5.10 Å². The monoisotopic (exact) mass is 583 g/mol. The highest BCUT2D eigenvalue weighted by molar-refractivity contribution is 5.82. The Morgan fingerprint density at radius 2 is 1.70 bits per heavy atom. The van der Waals surface area contributed by atoms with Crippen LogP contribution in [0.3, 0.4) is 0 Å². The Kier molecular flexibility index (Phi) is 9.01. The lowest BCUT2D eigenvalue weighted by molar-refractivity contribution is -0.384. The standard InChI is InChI=1S/C32H37N7O4/c1-22(2)37(20-23-6-8-25(9-7-23)39(40)41)12-13-38(27-14-28(42-4)17-29(15-27)43-5)26-10-11-30-31(16-26)35-32(19-33-30)24-18-34-36(3)21-24/h6-11,14-19,22,24H,12-13,20-21H2,1-5H3. The molecule has 43 heavy (non-hydrogen) atoms. The van der Waals surface area contributed by atoms with Gasteiger partial charge in [-0.1, -0.05) is 12.1 Å². The van der Waals surface area contributed by atoms with Crippen LogP contribution in [0.1, 0.15) is 31.0 Å². The summed E-state index contributed by atoms with van der Waals surface area (Å²) < 4.78 is 11.2. The van der Waals surface area contributed by atoms with Gasteiger partial charge in [-0.3, -0.25) is 25.0 Å². The average molecular weight is 584 g/mol. The first-order valence-electron chi connectivity index (χ1n) is 14.2. The van der Waals surface area contributed by atoms with Crippen molar-refractivity contribution < 1.29 is 14.4 Å². The Bertz CT molecular complexity index is 1590. The summed E-state index contributed by atoms with van der Waals surface area (Å²) in [5, 5.41) is 17.4. The van der Waals surface area contributed by atoms with Gasteiger partial charge in [0.2, 0.25) is 0 Å². The minimum atomic E-state index is -0.374. The lowest BCUT2D eigenvalue weighted by Crippen LogP contribution is -2.37. The Hall–Kier alpha value is -4.77. The number of likely N-dealkylation sites (N-methyl/N-ethyl adjacent to an activating group) is 1. The number of nitrogens with zero attached hydrogens (tertiary/aromatic N) is 7. The highest BCUT2D eigenvalue weighted by atomic mass is 16.6. The normalized spacial score (nSPS) is 14.6. The van der Waals surface area contributed by atoms with Crippen molar-refractivity contribution >= 4 is 34.3 Å². The molecule has 1 aromatic heterocycles. The first kappa shape index (κ1) is 29.7. The van der Waals surface area contributed by atoms with Gasteiger partial charge in [-0.15, -0.1) is 0 Å². The van der Waals surface area contributed by atoms with E-state index in [2.05, 4.69) is 45.9 Å². The van der Waals surface area contributed by atoms with Crippen LogP contribution in [0.4, 0.5) is 17.1 Å². The largest absolute Gasteiger partial charge is 0.497 e. The molecule has 0 aliphatic carbocycles. The molecule has 0 saturated heterocycles. The van der Waals surface area contributed by atoms with Gasteiger partial charge in [0.05, 0.1) is 41.8 Å². The van der Waals surface area contributed by atoms with Crippen LogP contribution in [0, 0.1) is 10.1 Å². The van der Waals surface area contributed by atoms with Crippen molar-refractivity contribution in [3.63, 3.8) is 0 Å². The van der Waals surface area contributed by atoms with E-state index in [1.54, 1.807) is 26.4 Å². The number of benzene rings is 3. The molecule has 1 aliphatic heterocycles. The van der Waals surface area contributed by atoms with Gasteiger partial charge >= 0.3 is 0 Å².